The molecule has 0 bridgehead atoms. The number of carbonyl (C=O) groups is 2. The van der Waals surface area contributed by atoms with Crippen LogP contribution >= 0.6 is 0 Å². The Labute approximate surface area is 306 Å². The number of aliphatic imine (C=N–C) groups is 2. The van der Waals surface area contributed by atoms with Crippen molar-refractivity contribution in [2.24, 2.45) is 9.98 Å². The van der Waals surface area contributed by atoms with Crippen LogP contribution in [0.4, 0.5) is 22.7 Å². The molecular weight excluding hydrogens is 791 g/mol. The van der Waals surface area contributed by atoms with Crippen molar-refractivity contribution >= 4 is 66.3 Å². The fourth-order valence-corrected chi connectivity index (χ4v) is 8.47. The molecular formula is C38H28N4O10Sn. The van der Waals surface area contributed by atoms with Crippen molar-refractivity contribution in [3.8, 4) is 22.6 Å². The molecule has 0 N–H and O–H groups in total. The third-order valence-corrected chi connectivity index (χ3v) is 11.4. The van der Waals surface area contributed by atoms with Crippen LogP contribution in [-0.2, 0) is 6.15 Å². The number of hydrogen-bond donors (Lipinski definition) is 0. The molecule has 0 saturated carbocycles. The van der Waals surface area contributed by atoms with Crippen LogP contribution in [0.1, 0.15) is 32.2 Å². The summed E-state index contributed by atoms with van der Waals surface area (Å²) < 4.78 is 23.2. The van der Waals surface area contributed by atoms with Crippen LogP contribution in [0.5, 0.6) is 0 Å². The Bertz CT molecular complexity index is 2250. The van der Waals surface area contributed by atoms with Crippen molar-refractivity contribution in [1.29, 1.82) is 0 Å². The molecule has 264 valence electrons. The summed E-state index contributed by atoms with van der Waals surface area (Å²) >= 11 is -4.35. The maximum absolute atomic E-state index is 13.4. The van der Waals surface area contributed by atoms with Gasteiger partial charge in [-0.2, -0.15) is 0 Å². The van der Waals surface area contributed by atoms with Gasteiger partial charge in [-0.25, -0.2) is 0 Å². The van der Waals surface area contributed by atoms with E-state index < -0.39 is 41.0 Å². The van der Waals surface area contributed by atoms with Gasteiger partial charge in [0.05, 0.1) is 0 Å². The molecule has 53 heavy (non-hydrogen) atoms. The van der Waals surface area contributed by atoms with Crippen LogP contribution in [0.25, 0.3) is 22.6 Å². The van der Waals surface area contributed by atoms with Crippen LogP contribution < -0.4 is 0 Å². The van der Waals surface area contributed by atoms with Crippen LogP contribution in [-0.4, -0.2) is 53.4 Å². The van der Waals surface area contributed by atoms with Crippen LogP contribution in [0.15, 0.2) is 140 Å². The van der Waals surface area contributed by atoms with Gasteiger partial charge in [0, 0.05) is 0 Å². The van der Waals surface area contributed by atoms with E-state index in [0.29, 0.717) is 22.6 Å². The Hall–Kier alpha value is -6.68. The zero-order valence-corrected chi connectivity index (χ0v) is 30.9. The molecule has 0 radical (unpaired) electrons. The average Bonchev–Trinajstić information content (AvgIpc) is 3.83. The topological polar surface area (TPSA) is 190 Å². The molecule has 14 nitrogen and oxygen atoms in total. The van der Waals surface area contributed by atoms with Gasteiger partial charge in [0.1, 0.15) is 0 Å². The van der Waals surface area contributed by atoms with Gasteiger partial charge < -0.3 is 0 Å². The molecule has 6 rings (SSSR count). The normalized spacial score (nSPS) is 11.5. The number of benzene rings is 4. The van der Waals surface area contributed by atoms with Crippen molar-refractivity contribution in [2.45, 2.75) is 9.88 Å². The van der Waals surface area contributed by atoms with Gasteiger partial charge >= 0.3 is 275 Å². The SMILES string of the molecule is [CH3][Sn]([CH3])([O]C(=O)c1ccccc1N=Cc1ccc(-c2ccccc2[N+](=O)[O-])o1)[O]C(=O)c1ccccc1N=Cc1ccc(-c2ccccc2[N+](=O)[O-])o1. The Balaban J connectivity index is 1.13. The quantitative estimate of drug-likeness (QED) is 0.0498. The van der Waals surface area contributed by atoms with E-state index in [9.17, 15) is 29.8 Å². The molecule has 0 atom stereocenters. The fraction of sp³-hybridized carbons (Fsp3) is 0.0526. The summed E-state index contributed by atoms with van der Waals surface area (Å²) in [5.74, 6) is -0.312. The van der Waals surface area contributed by atoms with Crippen molar-refractivity contribution in [3.05, 3.63) is 164 Å². The number of hydrogen-bond acceptors (Lipinski definition) is 12. The van der Waals surface area contributed by atoms with E-state index in [-0.39, 0.29) is 45.4 Å². The third kappa shape index (κ3) is 8.62. The molecule has 2 aromatic heterocycles. The van der Waals surface area contributed by atoms with Crippen molar-refractivity contribution in [3.63, 3.8) is 0 Å². The minimum atomic E-state index is -4.35. The fourth-order valence-electron chi connectivity index (χ4n) is 5.18. The molecule has 0 aliphatic heterocycles. The molecule has 2 heterocycles. The van der Waals surface area contributed by atoms with Crippen LogP contribution in [0.3, 0.4) is 0 Å². The molecule has 4 aromatic carbocycles. The van der Waals surface area contributed by atoms with E-state index in [1.54, 1.807) is 107 Å². The zero-order chi connectivity index (χ0) is 37.5. The van der Waals surface area contributed by atoms with Gasteiger partial charge in [-0.05, 0) is 0 Å². The first kappa shape index (κ1) is 36.1. The Kier molecular flexibility index (Phi) is 10.7. The summed E-state index contributed by atoms with van der Waals surface area (Å²) in [7, 11) is 0. The molecule has 0 aliphatic carbocycles. The van der Waals surface area contributed by atoms with Gasteiger partial charge in [0.25, 0.3) is 0 Å². The Morgan fingerprint density at radius 2 is 0.962 bits per heavy atom. The first-order chi connectivity index (χ1) is 25.5. The Morgan fingerprint density at radius 3 is 1.38 bits per heavy atom. The first-order valence-corrected chi connectivity index (χ1v) is 23.9. The summed E-state index contributed by atoms with van der Waals surface area (Å²) in [6.07, 6.45) is 2.76. The number of rotatable bonds is 12. The van der Waals surface area contributed by atoms with Crippen molar-refractivity contribution < 1.29 is 34.4 Å². The predicted octanol–water partition coefficient (Wildman–Crippen LogP) is 9.24. The first-order valence-electron chi connectivity index (χ1n) is 15.9. The molecule has 0 unspecified atom stereocenters. The summed E-state index contributed by atoms with van der Waals surface area (Å²) in [5.41, 5.74) is 1.18. The van der Waals surface area contributed by atoms with Gasteiger partial charge in [0.2, 0.25) is 0 Å². The second-order valence-electron chi connectivity index (χ2n) is 11.7. The molecule has 6 aromatic rings. The Morgan fingerprint density at radius 1 is 0.585 bits per heavy atom. The number of nitrogens with zero attached hydrogens (tertiary/aromatic N) is 4. The van der Waals surface area contributed by atoms with E-state index in [4.69, 9.17) is 15.0 Å². The zero-order valence-electron chi connectivity index (χ0n) is 28.1. The third-order valence-electron chi connectivity index (χ3n) is 7.57. The molecule has 0 aliphatic rings. The minimum absolute atomic E-state index is 0.104. The second-order valence-corrected chi connectivity index (χ2v) is 20.8. The summed E-state index contributed by atoms with van der Waals surface area (Å²) in [4.78, 5) is 60.7. The maximum atomic E-state index is 13.4. The number of para-hydroxylation sites is 4. The van der Waals surface area contributed by atoms with E-state index in [0.717, 1.165) is 0 Å². The standard InChI is InChI=1S/2C18H12N2O5.2CH3.Sn/c2*21-18(22)13-5-1-3-7-15(13)19-11-12-9-10-17(25-12)14-6-2-4-8-16(14)20(23)24;;;/h2*1-11H,(H,21,22);2*1H3;/q;;;;+2/p-2. The van der Waals surface area contributed by atoms with Gasteiger partial charge in [-0.1, -0.05) is 12.1 Å². The monoisotopic (exact) mass is 820 g/mol. The number of furan rings is 2. The van der Waals surface area contributed by atoms with Crippen LogP contribution in [0.2, 0.25) is 9.88 Å². The molecule has 0 fully saturated rings. The van der Waals surface area contributed by atoms with E-state index in [2.05, 4.69) is 9.98 Å². The van der Waals surface area contributed by atoms with Crippen molar-refractivity contribution in [1.82, 2.24) is 0 Å². The molecule has 0 spiro atoms. The van der Waals surface area contributed by atoms with E-state index >= 15 is 0 Å². The molecule has 0 saturated heterocycles. The summed E-state index contributed by atoms with van der Waals surface area (Å²) in [6, 6.07) is 31.7. The second kappa shape index (κ2) is 15.7. The van der Waals surface area contributed by atoms with E-state index in [1.165, 1.54) is 36.7 Å². The number of nitro benzene ring substituents is 2. The van der Waals surface area contributed by atoms with Gasteiger partial charge in [-0.3, -0.25) is 20.2 Å². The predicted molar refractivity (Wildman–Crippen MR) is 197 cm³/mol. The van der Waals surface area contributed by atoms with Gasteiger partial charge in [-0.15, -0.1) is 0 Å². The molecule has 15 heteroatoms. The molecule has 0 amide bonds. The number of nitro groups is 2. The van der Waals surface area contributed by atoms with Crippen molar-refractivity contribution in [2.75, 3.05) is 0 Å². The van der Waals surface area contributed by atoms with E-state index in [1.807, 2.05) is 0 Å². The summed E-state index contributed by atoms with van der Waals surface area (Å²) in [5, 5.41) is 22.9. The van der Waals surface area contributed by atoms with Gasteiger partial charge in [0.15, 0.2) is 0 Å². The van der Waals surface area contributed by atoms with Crippen LogP contribution in [0, 0.1) is 20.2 Å². The average molecular weight is 819 g/mol. The summed E-state index contributed by atoms with van der Waals surface area (Å²) in [6.45, 7) is 0. The number of carbonyl (C=O) groups excluding carboxylic acids is 2.